The molecule has 1 atom stereocenters. The SMILES string of the molecule is COc1ccc(CCC(=O)N[C@H](C)C(=O)Nc2cc(C)on2)cc1. The molecule has 0 spiro atoms. The lowest BCUT2D eigenvalue weighted by Crippen LogP contribution is -2.41. The number of nitrogens with zero attached hydrogens (tertiary/aromatic N) is 1. The molecule has 1 aromatic carbocycles. The molecule has 2 amide bonds. The van der Waals surface area contributed by atoms with Crippen molar-refractivity contribution in [2.45, 2.75) is 32.7 Å². The Labute approximate surface area is 140 Å². The van der Waals surface area contributed by atoms with Crippen LogP contribution in [0.5, 0.6) is 5.75 Å². The molecule has 0 bridgehead atoms. The van der Waals surface area contributed by atoms with E-state index < -0.39 is 6.04 Å². The smallest absolute Gasteiger partial charge is 0.247 e. The van der Waals surface area contributed by atoms with E-state index in [1.54, 1.807) is 27.0 Å². The van der Waals surface area contributed by atoms with E-state index in [-0.39, 0.29) is 11.8 Å². The van der Waals surface area contributed by atoms with Crippen molar-refractivity contribution in [1.82, 2.24) is 10.5 Å². The average molecular weight is 331 g/mol. The van der Waals surface area contributed by atoms with Gasteiger partial charge in [-0.15, -0.1) is 0 Å². The van der Waals surface area contributed by atoms with Gasteiger partial charge in [-0.3, -0.25) is 9.59 Å². The predicted molar refractivity (Wildman–Crippen MR) is 88.8 cm³/mol. The van der Waals surface area contributed by atoms with Gasteiger partial charge in [-0.2, -0.15) is 0 Å². The minimum atomic E-state index is -0.662. The number of ether oxygens (including phenoxy) is 1. The van der Waals surface area contributed by atoms with Crippen LogP contribution in [-0.2, 0) is 16.0 Å². The van der Waals surface area contributed by atoms with Crippen molar-refractivity contribution < 1.29 is 18.8 Å². The highest BCUT2D eigenvalue weighted by Crippen LogP contribution is 2.12. The van der Waals surface area contributed by atoms with E-state index in [9.17, 15) is 9.59 Å². The van der Waals surface area contributed by atoms with Gasteiger partial charge in [0.15, 0.2) is 5.82 Å². The number of benzene rings is 1. The van der Waals surface area contributed by atoms with Gasteiger partial charge in [0.05, 0.1) is 7.11 Å². The fourth-order valence-corrected chi connectivity index (χ4v) is 2.09. The zero-order valence-corrected chi connectivity index (χ0v) is 14.0. The number of anilines is 1. The van der Waals surface area contributed by atoms with Crippen molar-refractivity contribution in [3.05, 3.63) is 41.7 Å². The third kappa shape index (κ3) is 5.12. The first-order valence-electron chi connectivity index (χ1n) is 7.64. The Bertz CT molecular complexity index is 694. The lowest BCUT2D eigenvalue weighted by Gasteiger charge is -2.13. The molecule has 7 nitrogen and oxygen atoms in total. The molecule has 7 heteroatoms. The maximum Gasteiger partial charge on any atom is 0.247 e. The Morgan fingerprint density at radius 2 is 2.00 bits per heavy atom. The van der Waals surface area contributed by atoms with Gasteiger partial charge in [0.25, 0.3) is 0 Å². The van der Waals surface area contributed by atoms with Crippen LogP contribution in [0.3, 0.4) is 0 Å². The highest BCUT2D eigenvalue weighted by atomic mass is 16.5. The fraction of sp³-hybridized carbons (Fsp3) is 0.353. The summed E-state index contributed by atoms with van der Waals surface area (Å²) >= 11 is 0. The van der Waals surface area contributed by atoms with Crippen molar-refractivity contribution in [3.8, 4) is 5.75 Å². The second kappa shape index (κ2) is 8.14. The minimum Gasteiger partial charge on any atom is -0.497 e. The van der Waals surface area contributed by atoms with E-state index in [2.05, 4.69) is 15.8 Å². The average Bonchev–Trinajstić information content (AvgIpc) is 2.98. The van der Waals surface area contributed by atoms with Crippen LogP contribution in [0.25, 0.3) is 0 Å². The molecular weight excluding hydrogens is 310 g/mol. The molecule has 0 aliphatic heterocycles. The molecule has 2 rings (SSSR count). The Hall–Kier alpha value is -2.83. The van der Waals surface area contributed by atoms with Crippen LogP contribution in [-0.4, -0.2) is 30.1 Å². The number of aryl methyl sites for hydroxylation is 2. The first-order chi connectivity index (χ1) is 11.5. The molecule has 128 valence electrons. The summed E-state index contributed by atoms with van der Waals surface area (Å²) in [6, 6.07) is 8.47. The molecule has 2 N–H and O–H groups in total. The Kier molecular flexibility index (Phi) is 5.95. The third-order valence-electron chi connectivity index (χ3n) is 3.45. The number of amides is 2. The van der Waals surface area contributed by atoms with Gasteiger partial charge >= 0.3 is 0 Å². The van der Waals surface area contributed by atoms with E-state index in [4.69, 9.17) is 9.26 Å². The van der Waals surface area contributed by atoms with E-state index >= 15 is 0 Å². The molecule has 0 radical (unpaired) electrons. The number of rotatable bonds is 7. The fourth-order valence-electron chi connectivity index (χ4n) is 2.09. The van der Waals surface area contributed by atoms with E-state index in [0.29, 0.717) is 24.4 Å². The Balaban J connectivity index is 1.77. The summed E-state index contributed by atoms with van der Waals surface area (Å²) in [5, 5.41) is 8.92. The van der Waals surface area contributed by atoms with Gasteiger partial charge in [-0.1, -0.05) is 17.3 Å². The van der Waals surface area contributed by atoms with Gasteiger partial charge in [0.2, 0.25) is 11.8 Å². The summed E-state index contributed by atoms with van der Waals surface area (Å²) < 4.78 is 9.96. The zero-order valence-electron chi connectivity index (χ0n) is 14.0. The largest absolute Gasteiger partial charge is 0.497 e. The van der Waals surface area contributed by atoms with E-state index in [1.807, 2.05) is 24.3 Å². The van der Waals surface area contributed by atoms with Crippen molar-refractivity contribution in [3.63, 3.8) is 0 Å². The molecule has 0 unspecified atom stereocenters. The standard InChI is InChI=1S/C17H21N3O4/c1-11-10-15(20-24-11)19-17(22)12(2)18-16(21)9-6-13-4-7-14(23-3)8-5-13/h4-5,7-8,10,12H,6,9H2,1-3H3,(H,18,21)(H,19,20,22)/t12-/m1/s1. The van der Waals surface area contributed by atoms with Gasteiger partial charge in [0.1, 0.15) is 17.6 Å². The summed E-state index contributed by atoms with van der Waals surface area (Å²) in [6.45, 7) is 3.35. The Morgan fingerprint density at radius 1 is 1.29 bits per heavy atom. The van der Waals surface area contributed by atoms with Crippen LogP contribution >= 0.6 is 0 Å². The van der Waals surface area contributed by atoms with E-state index in [0.717, 1.165) is 11.3 Å². The first-order valence-corrected chi connectivity index (χ1v) is 7.64. The number of carbonyl (C=O) groups excluding carboxylic acids is 2. The molecule has 0 aliphatic rings. The van der Waals surface area contributed by atoms with Crippen LogP contribution in [0, 0.1) is 6.92 Å². The molecule has 0 saturated heterocycles. The highest BCUT2D eigenvalue weighted by Gasteiger charge is 2.16. The number of carbonyl (C=O) groups is 2. The number of aromatic nitrogens is 1. The lowest BCUT2D eigenvalue weighted by molar-refractivity contribution is -0.126. The van der Waals surface area contributed by atoms with Gasteiger partial charge in [-0.05, 0) is 38.0 Å². The summed E-state index contributed by atoms with van der Waals surface area (Å²) in [7, 11) is 1.61. The second-order valence-electron chi connectivity index (χ2n) is 5.45. The summed E-state index contributed by atoms with van der Waals surface area (Å²) in [6.07, 6.45) is 0.889. The van der Waals surface area contributed by atoms with Crippen LogP contribution in [0.2, 0.25) is 0 Å². The number of hydrogen-bond donors (Lipinski definition) is 2. The molecule has 24 heavy (non-hydrogen) atoms. The molecule has 0 fully saturated rings. The molecule has 1 aromatic heterocycles. The van der Waals surface area contributed by atoms with Crippen LogP contribution in [0.15, 0.2) is 34.9 Å². The van der Waals surface area contributed by atoms with Crippen molar-refractivity contribution in [2.24, 2.45) is 0 Å². The Morgan fingerprint density at radius 3 is 2.58 bits per heavy atom. The minimum absolute atomic E-state index is 0.190. The summed E-state index contributed by atoms with van der Waals surface area (Å²) in [4.78, 5) is 23.9. The van der Waals surface area contributed by atoms with Gasteiger partial charge < -0.3 is 19.9 Å². The van der Waals surface area contributed by atoms with Crippen LogP contribution < -0.4 is 15.4 Å². The van der Waals surface area contributed by atoms with Gasteiger partial charge in [-0.25, -0.2) is 0 Å². The predicted octanol–water partition coefficient (Wildman–Crippen LogP) is 2.07. The maximum atomic E-state index is 12.0. The van der Waals surface area contributed by atoms with Crippen LogP contribution in [0.1, 0.15) is 24.7 Å². The summed E-state index contributed by atoms with van der Waals surface area (Å²) in [5.74, 6) is 1.17. The first kappa shape index (κ1) is 17.5. The number of methoxy groups -OCH3 is 1. The van der Waals surface area contributed by atoms with E-state index in [1.165, 1.54) is 0 Å². The number of hydrogen-bond acceptors (Lipinski definition) is 5. The number of nitrogens with one attached hydrogen (secondary N) is 2. The van der Waals surface area contributed by atoms with Crippen molar-refractivity contribution >= 4 is 17.6 Å². The van der Waals surface area contributed by atoms with Crippen LogP contribution in [0.4, 0.5) is 5.82 Å². The topological polar surface area (TPSA) is 93.5 Å². The quantitative estimate of drug-likeness (QED) is 0.810. The molecule has 0 aliphatic carbocycles. The monoisotopic (exact) mass is 331 g/mol. The maximum absolute atomic E-state index is 12.0. The molecule has 1 heterocycles. The zero-order chi connectivity index (χ0) is 17.5. The van der Waals surface area contributed by atoms with Gasteiger partial charge in [0, 0.05) is 12.5 Å². The van der Waals surface area contributed by atoms with Crippen molar-refractivity contribution in [1.29, 1.82) is 0 Å². The lowest BCUT2D eigenvalue weighted by atomic mass is 10.1. The normalized spacial score (nSPS) is 11.6. The summed E-state index contributed by atoms with van der Waals surface area (Å²) in [5.41, 5.74) is 1.03. The van der Waals surface area contributed by atoms with Crippen molar-refractivity contribution in [2.75, 3.05) is 12.4 Å². The third-order valence-corrected chi connectivity index (χ3v) is 3.45. The molecular formula is C17H21N3O4. The molecule has 0 saturated carbocycles. The highest BCUT2D eigenvalue weighted by molar-refractivity contribution is 5.96. The molecule has 2 aromatic rings. The second-order valence-corrected chi connectivity index (χ2v) is 5.45.